The van der Waals surface area contributed by atoms with E-state index < -0.39 is 5.60 Å². The monoisotopic (exact) mass is 1200 g/mol. The normalized spacial score (nSPS) is 18.1. The zero-order chi connectivity index (χ0) is 63.4. The van der Waals surface area contributed by atoms with Gasteiger partial charge in [0, 0.05) is 113 Å². The minimum absolute atomic E-state index is 0.00789. The Morgan fingerprint density at radius 2 is 0.955 bits per heavy atom. The number of nitrogens with one attached hydrogen (secondary N) is 3. The van der Waals surface area contributed by atoms with Crippen molar-refractivity contribution in [3.05, 3.63) is 143 Å². The predicted molar refractivity (Wildman–Crippen MR) is 343 cm³/mol. The molecule has 22 nitrogen and oxygen atoms in total. The summed E-state index contributed by atoms with van der Waals surface area (Å²) in [7, 11) is 6.92. The first-order valence-electron chi connectivity index (χ1n) is 30.4. The first kappa shape index (κ1) is 61.3. The van der Waals surface area contributed by atoms with Gasteiger partial charge >= 0.3 is 6.09 Å². The van der Waals surface area contributed by atoms with Gasteiger partial charge in [-0.2, -0.15) is 9.97 Å². The molecule has 4 aliphatic rings. The second-order valence-electron chi connectivity index (χ2n) is 27.1. The molecule has 4 fully saturated rings. The summed E-state index contributed by atoms with van der Waals surface area (Å²) >= 11 is 0. The van der Waals surface area contributed by atoms with Crippen molar-refractivity contribution in [1.82, 2.24) is 68.9 Å². The van der Waals surface area contributed by atoms with Crippen molar-refractivity contribution in [1.29, 1.82) is 0 Å². The van der Waals surface area contributed by atoms with E-state index in [0.717, 1.165) is 72.0 Å². The average Bonchev–Trinajstić information content (AvgIpc) is 1.68. The molecule has 4 bridgehead atoms. The molecular weight excluding hydrogens is 1120 g/mol. The first-order valence-corrected chi connectivity index (χ1v) is 30.4. The van der Waals surface area contributed by atoms with E-state index in [0.29, 0.717) is 82.5 Å². The molecule has 4 saturated heterocycles. The molecule has 3 N–H and O–H groups in total. The number of carbonyl (C=O) groups excluding carboxylic acids is 5. The highest BCUT2D eigenvalue weighted by atomic mass is 16.6. The summed E-state index contributed by atoms with van der Waals surface area (Å²) in [6.07, 6.45) is 10.1. The SMILES string of the molecule is CN(C)C(=O)c1cc2cnc(Nc3ccc(C(=O)N4CC5CCC(C4)N5)cn3)nc2n1-c1cccc(C(C)(C)C)c1.CN(C)C(=O)c1cc2cnc(Nc3ccc(C(=O)N4CC5CCC(C4)N5C(=O)OC(C)(C)C)cn3)nc2n1-c1cccc(C(C)(C)C)c1. The molecule has 464 valence electrons. The maximum atomic E-state index is 13.5. The van der Waals surface area contributed by atoms with Crippen LogP contribution in [0.25, 0.3) is 33.4 Å². The van der Waals surface area contributed by atoms with Gasteiger partial charge in [-0.1, -0.05) is 65.8 Å². The summed E-state index contributed by atoms with van der Waals surface area (Å²) in [5.41, 5.74) is 6.45. The minimum Gasteiger partial charge on any atom is -0.444 e. The number of aromatic nitrogens is 8. The van der Waals surface area contributed by atoms with Gasteiger partial charge in [-0.25, -0.2) is 24.7 Å². The molecular formula is C67H80N16O6. The van der Waals surface area contributed by atoms with Gasteiger partial charge in [-0.3, -0.25) is 33.2 Å². The van der Waals surface area contributed by atoms with Gasteiger partial charge in [0.2, 0.25) is 11.9 Å². The Morgan fingerprint density at radius 1 is 0.528 bits per heavy atom. The Labute approximate surface area is 519 Å². The van der Waals surface area contributed by atoms with E-state index in [2.05, 4.69) is 102 Å². The number of benzene rings is 2. The number of likely N-dealkylation sites (tertiary alicyclic amines) is 2. The van der Waals surface area contributed by atoms with Gasteiger partial charge in [-0.05, 0) is 129 Å². The fraction of sp³-hybridized carbons (Fsp3) is 0.418. The van der Waals surface area contributed by atoms with Crippen LogP contribution < -0.4 is 16.0 Å². The molecule has 0 radical (unpaired) electrons. The lowest BCUT2D eigenvalue weighted by molar-refractivity contribution is -0.00337. The van der Waals surface area contributed by atoms with Crippen LogP contribution in [-0.4, -0.2) is 177 Å². The van der Waals surface area contributed by atoms with E-state index >= 15 is 0 Å². The maximum Gasteiger partial charge on any atom is 0.410 e. The number of hydrogen-bond donors (Lipinski definition) is 3. The van der Waals surface area contributed by atoms with Crippen LogP contribution in [0.2, 0.25) is 0 Å². The van der Waals surface area contributed by atoms with Crippen molar-refractivity contribution in [3.8, 4) is 11.4 Å². The van der Waals surface area contributed by atoms with Gasteiger partial charge in [0.25, 0.3) is 23.6 Å². The van der Waals surface area contributed by atoms with E-state index in [1.807, 2.05) is 76.1 Å². The highest BCUT2D eigenvalue weighted by molar-refractivity contribution is 6.00. The molecule has 0 aliphatic carbocycles. The number of pyridine rings is 2. The Balaban J connectivity index is 0.000000186. The zero-order valence-corrected chi connectivity index (χ0v) is 53.1. The number of ether oxygens (including phenoxy) is 1. The van der Waals surface area contributed by atoms with Crippen molar-refractivity contribution in [2.75, 3.05) is 65.0 Å². The zero-order valence-electron chi connectivity index (χ0n) is 53.1. The molecule has 22 heteroatoms. The highest BCUT2D eigenvalue weighted by Gasteiger charge is 2.46. The number of fused-ring (bicyclic) bond motifs is 6. The number of nitrogens with zero attached hydrogens (tertiary/aromatic N) is 13. The van der Waals surface area contributed by atoms with Crippen LogP contribution in [0.15, 0.2) is 110 Å². The summed E-state index contributed by atoms with van der Waals surface area (Å²) in [5, 5.41) is 11.3. The minimum atomic E-state index is -0.571. The lowest BCUT2D eigenvalue weighted by Gasteiger charge is -2.41. The van der Waals surface area contributed by atoms with E-state index in [4.69, 9.17) is 14.7 Å². The summed E-state index contributed by atoms with van der Waals surface area (Å²) in [4.78, 5) is 102. The fourth-order valence-electron chi connectivity index (χ4n) is 12.0. The van der Waals surface area contributed by atoms with Crippen LogP contribution in [0.4, 0.5) is 28.3 Å². The summed E-state index contributed by atoms with van der Waals surface area (Å²) in [5.74, 6) is 1.26. The number of hydrogen-bond acceptors (Lipinski definition) is 15. The number of amides is 5. The topological polar surface area (TPSA) is 234 Å². The Hall–Kier alpha value is -9.31. The van der Waals surface area contributed by atoms with E-state index in [1.165, 1.54) is 0 Å². The molecule has 5 amide bonds. The second-order valence-corrected chi connectivity index (χ2v) is 27.1. The van der Waals surface area contributed by atoms with Crippen LogP contribution in [-0.2, 0) is 15.6 Å². The Morgan fingerprint density at radius 3 is 1.34 bits per heavy atom. The van der Waals surface area contributed by atoms with Crippen molar-refractivity contribution in [2.24, 2.45) is 0 Å². The predicted octanol–water partition coefficient (Wildman–Crippen LogP) is 9.92. The van der Waals surface area contributed by atoms with Crippen LogP contribution in [0.1, 0.15) is 141 Å². The van der Waals surface area contributed by atoms with E-state index in [-0.39, 0.29) is 52.6 Å². The fourth-order valence-corrected chi connectivity index (χ4v) is 12.0. The number of rotatable bonds is 10. The molecule has 0 spiro atoms. The standard InChI is InChI=1S/C36H44N8O4.C31H36N8O2/c1-35(2,3)24-10-9-11-25(17-24)44-28(32(46)41(7)8)16-23-19-38-33(40-30(23)44)39-29-15-12-22(18-37-29)31(45)42-20-26-13-14-27(21-42)43(26)34(47)48-36(4,5)6;1-31(2,3)21-7-6-8-24(14-21)39-25(29(41)37(4)5)13-20-16-33-30(36-27(20)39)35-26-12-9-19(15-32-26)28(40)38-17-22-10-11-23(18-38)34-22/h9-12,15-19,26-27H,13-14,20-21H2,1-8H3,(H,37,38,39,40);6-9,12-16,22-23,34H,10-11,17-18H2,1-5H3,(H,32,33,35,36). The van der Waals surface area contributed by atoms with Gasteiger partial charge in [-0.15, -0.1) is 0 Å². The van der Waals surface area contributed by atoms with E-state index in [1.54, 1.807) is 91.9 Å². The van der Waals surface area contributed by atoms with Crippen LogP contribution in [0.3, 0.4) is 0 Å². The number of piperazine rings is 2. The lowest BCUT2D eigenvalue weighted by Crippen LogP contribution is -2.57. The molecule has 4 unspecified atom stereocenters. The smallest absolute Gasteiger partial charge is 0.410 e. The molecule has 2 aromatic carbocycles. The van der Waals surface area contributed by atoms with E-state index in [9.17, 15) is 24.0 Å². The van der Waals surface area contributed by atoms with Crippen molar-refractivity contribution in [3.63, 3.8) is 0 Å². The Kier molecular flexibility index (Phi) is 16.5. The number of anilines is 4. The third-order valence-electron chi connectivity index (χ3n) is 16.7. The lowest BCUT2D eigenvalue weighted by atomic mass is 9.87. The highest BCUT2D eigenvalue weighted by Crippen LogP contribution is 2.35. The first-order chi connectivity index (χ1) is 42.1. The van der Waals surface area contributed by atoms with Gasteiger partial charge in [0.15, 0.2) is 11.3 Å². The second kappa shape index (κ2) is 24.0. The third-order valence-corrected chi connectivity index (χ3v) is 16.7. The molecule has 12 rings (SSSR count). The number of carbonyl (C=O) groups is 5. The molecule has 0 saturated carbocycles. The summed E-state index contributed by atoms with van der Waals surface area (Å²) in [6.45, 7) is 20.9. The van der Waals surface area contributed by atoms with Crippen LogP contribution in [0, 0.1) is 0 Å². The molecule has 6 aromatic heterocycles. The van der Waals surface area contributed by atoms with Crippen LogP contribution >= 0.6 is 0 Å². The van der Waals surface area contributed by atoms with Gasteiger partial charge < -0.3 is 40.3 Å². The molecule has 10 heterocycles. The van der Waals surface area contributed by atoms with Gasteiger partial charge in [0.1, 0.15) is 28.6 Å². The van der Waals surface area contributed by atoms with Crippen molar-refractivity contribution in [2.45, 2.75) is 129 Å². The molecule has 8 aromatic rings. The quantitative estimate of drug-likeness (QED) is 0.116. The largest absolute Gasteiger partial charge is 0.444 e. The van der Waals surface area contributed by atoms with Gasteiger partial charge in [0.05, 0.1) is 23.2 Å². The summed E-state index contributed by atoms with van der Waals surface area (Å²) in [6, 6.07) is 27.6. The Bertz CT molecular complexity index is 3980. The summed E-state index contributed by atoms with van der Waals surface area (Å²) < 4.78 is 9.38. The molecule has 89 heavy (non-hydrogen) atoms. The molecule has 4 aliphatic heterocycles. The third kappa shape index (κ3) is 13.1. The maximum absolute atomic E-state index is 13.5. The van der Waals surface area contributed by atoms with Crippen molar-refractivity contribution >= 4 is 75.3 Å². The van der Waals surface area contributed by atoms with Crippen LogP contribution in [0.5, 0.6) is 0 Å². The molecule has 4 atom stereocenters. The van der Waals surface area contributed by atoms with Crippen molar-refractivity contribution < 1.29 is 28.7 Å². The average molecular weight is 1210 g/mol.